The fourth-order valence-corrected chi connectivity index (χ4v) is 1.21. The molecule has 72 valence electrons. The Balaban J connectivity index is 2.62. The number of ether oxygens (including phenoxy) is 1. The van der Waals surface area contributed by atoms with Gasteiger partial charge in [0.25, 0.3) is 0 Å². The van der Waals surface area contributed by atoms with Crippen LogP contribution in [0.5, 0.6) is 0 Å². The largest absolute Gasteiger partial charge is 0.465 e. The molecule has 0 bridgehead atoms. The van der Waals surface area contributed by atoms with Crippen molar-refractivity contribution in [2.24, 2.45) is 0 Å². The van der Waals surface area contributed by atoms with Gasteiger partial charge in [-0.1, -0.05) is 0 Å². The summed E-state index contributed by atoms with van der Waals surface area (Å²) in [5, 5.41) is 8.69. The lowest BCUT2D eigenvalue weighted by Gasteiger charge is -2.19. The second-order valence-electron chi connectivity index (χ2n) is 2.81. The smallest absolute Gasteiger partial charge is 0.408 e. The molecule has 1 atom stereocenters. The minimum atomic E-state index is -1.01. The van der Waals surface area contributed by atoms with Gasteiger partial charge >= 0.3 is 12.1 Å². The van der Waals surface area contributed by atoms with Gasteiger partial charge in [0, 0.05) is 13.5 Å². The maximum absolute atomic E-state index is 10.6. The number of amides is 1. The van der Waals surface area contributed by atoms with Crippen molar-refractivity contribution < 1.29 is 19.4 Å². The molecular formula is C8H11NO4. The van der Waals surface area contributed by atoms with E-state index in [9.17, 15) is 9.59 Å². The quantitative estimate of drug-likeness (QED) is 0.614. The molecule has 1 aliphatic heterocycles. The molecule has 0 aromatic rings. The molecule has 0 saturated carbocycles. The number of hydrogen-bond donors (Lipinski definition) is 1. The Hall–Kier alpha value is -1.52. The summed E-state index contributed by atoms with van der Waals surface area (Å²) in [6.45, 7) is 3.24. The molecule has 0 radical (unpaired) electrons. The van der Waals surface area contributed by atoms with Crippen LogP contribution < -0.4 is 0 Å². The first-order valence-electron chi connectivity index (χ1n) is 3.90. The topological polar surface area (TPSA) is 66.8 Å². The molecular weight excluding hydrogens is 174 g/mol. The fourth-order valence-electron chi connectivity index (χ4n) is 1.21. The number of nitrogens with zero attached hydrogens (tertiary/aromatic N) is 1. The van der Waals surface area contributed by atoms with Crippen LogP contribution >= 0.6 is 0 Å². The predicted octanol–water partition coefficient (Wildman–Crippen LogP) is 0.815. The Labute approximate surface area is 75.6 Å². The molecule has 0 fully saturated rings. The number of hydrogen-bond acceptors (Lipinski definition) is 3. The van der Waals surface area contributed by atoms with Gasteiger partial charge in [0.2, 0.25) is 0 Å². The van der Waals surface area contributed by atoms with Crippen LogP contribution in [0.4, 0.5) is 4.79 Å². The molecule has 0 aromatic heterocycles. The van der Waals surface area contributed by atoms with Crippen molar-refractivity contribution in [3.63, 3.8) is 0 Å². The third kappa shape index (κ3) is 1.99. The molecule has 1 heterocycles. The highest BCUT2D eigenvalue weighted by atomic mass is 16.5. The number of carbonyl (C=O) groups excluding carboxylic acids is 1. The van der Waals surface area contributed by atoms with Crippen LogP contribution in [0.1, 0.15) is 13.8 Å². The summed E-state index contributed by atoms with van der Waals surface area (Å²) in [6, 6.07) is -0.374. The van der Waals surface area contributed by atoms with Gasteiger partial charge in [0.15, 0.2) is 0 Å². The highest BCUT2D eigenvalue weighted by Crippen LogP contribution is 2.18. The Kier molecular flexibility index (Phi) is 2.55. The summed E-state index contributed by atoms with van der Waals surface area (Å²) < 4.78 is 4.82. The molecule has 5 heteroatoms. The minimum absolute atomic E-state index is 0.277. The van der Waals surface area contributed by atoms with E-state index in [0.29, 0.717) is 5.76 Å². The van der Waals surface area contributed by atoms with E-state index >= 15 is 0 Å². The summed E-state index contributed by atoms with van der Waals surface area (Å²) in [5.74, 6) is -0.0137. The Morgan fingerprint density at radius 3 is 2.69 bits per heavy atom. The third-order valence-electron chi connectivity index (χ3n) is 1.88. The molecule has 0 saturated heterocycles. The van der Waals surface area contributed by atoms with E-state index in [0.717, 1.165) is 0 Å². The molecule has 0 aromatic carbocycles. The van der Waals surface area contributed by atoms with Gasteiger partial charge in [0.1, 0.15) is 5.76 Å². The second kappa shape index (κ2) is 3.47. The molecule has 1 unspecified atom stereocenters. The second-order valence-corrected chi connectivity index (χ2v) is 2.81. The molecule has 0 spiro atoms. The first kappa shape index (κ1) is 9.57. The zero-order valence-corrected chi connectivity index (χ0v) is 7.48. The lowest BCUT2D eigenvalue weighted by atomic mass is 10.3. The maximum Gasteiger partial charge on any atom is 0.408 e. The summed E-state index contributed by atoms with van der Waals surface area (Å²) in [6.07, 6.45) is 0.589. The van der Waals surface area contributed by atoms with Crippen LogP contribution in [0, 0.1) is 0 Å². The van der Waals surface area contributed by atoms with E-state index in [1.165, 1.54) is 11.8 Å². The maximum atomic E-state index is 10.6. The highest BCUT2D eigenvalue weighted by molar-refractivity contribution is 5.69. The monoisotopic (exact) mass is 185 g/mol. The Morgan fingerprint density at radius 2 is 2.31 bits per heavy atom. The fraction of sp³-hybridized carbons (Fsp3) is 0.500. The van der Waals surface area contributed by atoms with Gasteiger partial charge in [0.05, 0.1) is 6.04 Å². The summed E-state index contributed by atoms with van der Waals surface area (Å²) in [5.41, 5.74) is 0. The molecule has 5 nitrogen and oxygen atoms in total. The van der Waals surface area contributed by atoms with Gasteiger partial charge in [-0.3, -0.25) is 9.69 Å². The first-order chi connectivity index (χ1) is 6.02. The van der Waals surface area contributed by atoms with E-state index in [-0.39, 0.29) is 12.6 Å². The van der Waals surface area contributed by atoms with Crippen molar-refractivity contribution in [2.75, 3.05) is 6.54 Å². The lowest BCUT2D eigenvalue weighted by molar-refractivity contribution is -0.137. The lowest BCUT2D eigenvalue weighted by Crippen LogP contribution is -2.34. The van der Waals surface area contributed by atoms with Crippen LogP contribution in [0.25, 0.3) is 0 Å². The SMILES string of the molecule is CC(=O)OC1=CCN(C(=O)O)C1C. The summed E-state index contributed by atoms with van der Waals surface area (Å²) in [4.78, 5) is 22.4. The standard InChI is InChI=1S/C8H11NO4/c1-5-7(13-6(2)10)3-4-9(5)8(11)12/h3,5H,4H2,1-2H3,(H,11,12). The van der Waals surface area contributed by atoms with Crippen molar-refractivity contribution in [3.05, 3.63) is 11.8 Å². The van der Waals surface area contributed by atoms with Gasteiger partial charge in [-0.15, -0.1) is 0 Å². The number of carbonyl (C=O) groups is 2. The van der Waals surface area contributed by atoms with Crippen molar-refractivity contribution in [2.45, 2.75) is 19.9 Å². The highest BCUT2D eigenvalue weighted by Gasteiger charge is 2.29. The van der Waals surface area contributed by atoms with Crippen LogP contribution in [0.15, 0.2) is 11.8 Å². The molecule has 0 aliphatic carbocycles. The van der Waals surface area contributed by atoms with E-state index in [1.54, 1.807) is 13.0 Å². The zero-order valence-electron chi connectivity index (χ0n) is 7.48. The molecule has 1 amide bonds. The van der Waals surface area contributed by atoms with E-state index in [1.807, 2.05) is 0 Å². The number of carboxylic acid groups (broad SMARTS) is 1. The Bertz CT molecular complexity index is 271. The molecule has 1 aliphatic rings. The molecule has 1 N–H and O–H groups in total. The average Bonchev–Trinajstić information content (AvgIpc) is 2.32. The summed E-state index contributed by atoms with van der Waals surface area (Å²) in [7, 11) is 0. The van der Waals surface area contributed by atoms with Crippen LogP contribution in [0.2, 0.25) is 0 Å². The van der Waals surface area contributed by atoms with E-state index < -0.39 is 12.1 Å². The first-order valence-corrected chi connectivity index (χ1v) is 3.90. The van der Waals surface area contributed by atoms with Crippen LogP contribution in [-0.2, 0) is 9.53 Å². The molecule has 13 heavy (non-hydrogen) atoms. The average molecular weight is 185 g/mol. The molecule has 1 rings (SSSR count). The Morgan fingerprint density at radius 1 is 1.69 bits per heavy atom. The van der Waals surface area contributed by atoms with Gasteiger partial charge in [-0.05, 0) is 13.0 Å². The van der Waals surface area contributed by atoms with Crippen molar-refractivity contribution >= 4 is 12.1 Å². The van der Waals surface area contributed by atoms with Gasteiger partial charge in [-0.25, -0.2) is 4.79 Å². The predicted molar refractivity (Wildman–Crippen MR) is 44.0 cm³/mol. The van der Waals surface area contributed by atoms with Crippen molar-refractivity contribution in [3.8, 4) is 0 Å². The van der Waals surface area contributed by atoms with Crippen LogP contribution in [-0.4, -0.2) is 34.7 Å². The third-order valence-corrected chi connectivity index (χ3v) is 1.88. The number of esters is 1. The minimum Gasteiger partial charge on any atom is -0.465 e. The normalized spacial score (nSPS) is 21.2. The van der Waals surface area contributed by atoms with Crippen LogP contribution in [0.3, 0.4) is 0 Å². The van der Waals surface area contributed by atoms with Crippen molar-refractivity contribution in [1.29, 1.82) is 0 Å². The number of rotatable bonds is 1. The zero-order chi connectivity index (χ0) is 10.0. The van der Waals surface area contributed by atoms with Gasteiger partial charge < -0.3 is 9.84 Å². The van der Waals surface area contributed by atoms with Crippen molar-refractivity contribution in [1.82, 2.24) is 4.90 Å². The van der Waals surface area contributed by atoms with E-state index in [2.05, 4.69) is 0 Å². The summed E-state index contributed by atoms with van der Waals surface area (Å²) >= 11 is 0. The van der Waals surface area contributed by atoms with E-state index in [4.69, 9.17) is 9.84 Å². The van der Waals surface area contributed by atoms with Gasteiger partial charge in [-0.2, -0.15) is 0 Å².